The van der Waals surface area contributed by atoms with Crippen molar-refractivity contribution in [1.82, 2.24) is 0 Å². The van der Waals surface area contributed by atoms with Gasteiger partial charge in [-0.1, -0.05) is 63.8 Å². The zero-order chi connectivity index (χ0) is 17.9. The van der Waals surface area contributed by atoms with Crippen LogP contribution in [0.2, 0.25) is 0 Å². The molecule has 0 aliphatic rings. The zero-order valence-electron chi connectivity index (χ0n) is 15.2. The minimum Gasteiger partial charge on any atom is -0.458 e. The van der Waals surface area contributed by atoms with Crippen LogP contribution in [0.15, 0.2) is 36.5 Å². The molecule has 0 radical (unpaired) electrons. The van der Waals surface area contributed by atoms with Crippen molar-refractivity contribution in [3.63, 3.8) is 0 Å². The summed E-state index contributed by atoms with van der Waals surface area (Å²) in [5, 5.41) is 0. The summed E-state index contributed by atoms with van der Waals surface area (Å²) in [6.45, 7) is 4.77. The van der Waals surface area contributed by atoms with E-state index < -0.39 is 11.9 Å². The lowest BCUT2D eigenvalue weighted by atomic mass is 10.2. The third-order valence-electron chi connectivity index (χ3n) is 3.28. The van der Waals surface area contributed by atoms with Gasteiger partial charge in [-0.05, 0) is 25.7 Å². The van der Waals surface area contributed by atoms with E-state index in [1.54, 1.807) is 0 Å². The molecule has 0 aliphatic carbocycles. The number of carbonyl (C=O) groups is 2. The second-order valence-electron chi connectivity index (χ2n) is 5.53. The predicted molar refractivity (Wildman–Crippen MR) is 97.6 cm³/mol. The summed E-state index contributed by atoms with van der Waals surface area (Å²) in [5.41, 5.74) is 0. The topological polar surface area (TPSA) is 52.6 Å². The number of ether oxygens (including phenoxy) is 2. The molecule has 24 heavy (non-hydrogen) atoms. The Balaban J connectivity index is 3.68. The third-order valence-corrected chi connectivity index (χ3v) is 3.28. The maximum absolute atomic E-state index is 11.4. The van der Waals surface area contributed by atoms with E-state index in [9.17, 15) is 9.59 Å². The van der Waals surface area contributed by atoms with Gasteiger partial charge in [-0.15, -0.1) is 0 Å². The molecule has 0 aromatic carbocycles. The van der Waals surface area contributed by atoms with E-state index in [4.69, 9.17) is 9.47 Å². The molecule has 0 atom stereocenters. The maximum Gasteiger partial charge on any atom is 0.331 e. The van der Waals surface area contributed by atoms with E-state index in [1.165, 1.54) is 25.7 Å². The molecule has 0 aromatic rings. The molecule has 0 fully saturated rings. The van der Waals surface area contributed by atoms with Crippen LogP contribution in [-0.4, -0.2) is 25.2 Å². The van der Waals surface area contributed by atoms with Crippen molar-refractivity contribution in [3.05, 3.63) is 36.5 Å². The Hall–Kier alpha value is -1.84. The van der Waals surface area contributed by atoms with Crippen LogP contribution < -0.4 is 0 Å². The first-order valence-corrected chi connectivity index (χ1v) is 9.02. The highest BCUT2D eigenvalue weighted by atomic mass is 16.5. The molecule has 0 aliphatic heterocycles. The summed E-state index contributed by atoms with van der Waals surface area (Å²) in [6.07, 6.45) is 19.0. The van der Waals surface area contributed by atoms with Gasteiger partial charge in [0, 0.05) is 12.2 Å². The quantitative estimate of drug-likeness (QED) is 0.196. The van der Waals surface area contributed by atoms with E-state index in [0.717, 1.165) is 37.8 Å². The second kappa shape index (κ2) is 17.5. The summed E-state index contributed by atoms with van der Waals surface area (Å²) in [5.74, 6) is -1.08. The SMILES string of the molecule is CCCCCC=CCOC(=O)/C=C/C(=O)OCC=CCCCCC. The first kappa shape index (κ1) is 22.2. The number of allylic oxidation sites excluding steroid dienone is 2. The second-order valence-corrected chi connectivity index (χ2v) is 5.53. The molecule has 136 valence electrons. The fourth-order valence-corrected chi connectivity index (χ4v) is 1.89. The Bertz CT molecular complexity index is 370. The molecular weight excluding hydrogens is 304 g/mol. The van der Waals surface area contributed by atoms with Crippen LogP contribution in [0.3, 0.4) is 0 Å². The van der Waals surface area contributed by atoms with E-state index in [-0.39, 0.29) is 13.2 Å². The number of unbranched alkanes of at least 4 members (excludes halogenated alkanes) is 6. The Kier molecular flexibility index (Phi) is 16.2. The first-order valence-electron chi connectivity index (χ1n) is 9.02. The highest BCUT2D eigenvalue weighted by molar-refractivity contribution is 5.91. The van der Waals surface area contributed by atoms with Crippen molar-refractivity contribution in [2.24, 2.45) is 0 Å². The molecule has 0 rings (SSSR count). The molecule has 0 saturated carbocycles. The lowest BCUT2D eigenvalue weighted by molar-refractivity contribution is -0.139. The molecule has 4 heteroatoms. The average molecular weight is 336 g/mol. The molecule has 0 saturated heterocycles. The van der Waals surface area contributed by atoms with Gasteiger partial charge < -0.3 is 9.47 Å². The number of rotatable bonds is 14. The van der Waals surface area contributed by atoms with E-state index in [2.05, 4.69) is 13.8 Å². The minimum absolute atomic E-state index is 0.227. The summed E-state index contributed by atoms with van der Waals surface area (Å²) >= 11 is 0. The van der Waals surface area contributed by atoms with Crippen LogP contribution in [-0.2, 0) is 19.1 Å². The van der Waals surface area contributed by atoms with Gasteiger partial charge in [-0.25, -0.2) is 9.59 Å². The predicted octanol–water partition coefficient (Wildman–Crippen LogP) is 4.90. The van der Waals surface area contributed by atoms with E-state index in [0.29, 0.717) is 0 Å². The largest absolute Gasteiger partial charge is 0.458 e. The van der Waals surface area contributed by atoms with Crippen LogP contribution in [0.25, 0.3) is 0 Å². The lowest BCUT2D eigenvalue weighted by Crippen LogP contribution is -2.04. The van der Waals surface area contributed by atoms with Crippen LogP contribution >= 0.6 is 0 Å². The van der Waals surface area contributed by atoms with Crippen molar-refractivity contribution in [3.8, 4) is 0 Å². The highest BCUT2D eigenvalue weighted by Gasteiger charge is 1.99. The average Bonchev–Trinajstić information content (AvgIpc) is 2.58. The Labute approximate surface area is 146 Å². The zero-order valence-corrected chi connectivity index (χ0v) is 15.2. The molecule has 0 bridgehead atoms. The molecule has 0 heterocycles. The van der Waals surface area contributed by atoms with Gasteiger partial charge in [0.2, 0.25) is 0 Å². The van der Waals surface area contributed by atoms with Crippen molar-refractivity contribution >= 4 is 11.9 Å². The monoisotopic (exact) mass is 336 g/mol. The molecule has 4 nitrogen and oxygen atoms in total. The van der Waals surface area contributed by atoms with Gasteiger partial charge in [-0.3, -0.25) is 0 Å². The van der Waals surface area contributed by atoms with Crippen LogP contribution in [0.1, 0.15) is 65.2 Å². The first-order chi connectivity index (χ1) is 11.7. The Morgan fingerprint density at radius 2 is 1.08 bits per heavy atom. The number of hydrogen-bond donors (Lipinski definition) is 0. The van der Waals surface area contributed by atoms with Crippen molar-refractivity contribution in [2.45, 2.75) is 65.2 Å². The standard InChI is InChI=1S/C20H32O4/c1-3-5-7-9-11-13-17-23-19(21)15-16-20(22)24-18-14-12-10-8-6-4-2/h11-16H,3-10,17-18H2,1-2H3/b13-11?,14-12?,16-15+. The van der Waals surface area contributed by atoms with Crippen molar-refractivity contribution in [2.75, 3.05) is 13.2 Å². The van der Waals surface area contributed by atoms with E-state index >= 15 is 0 Å². The molecule has 0 unspecified atom stereocenters. The van der Waals surface area contributed by atoms with Crippen molar-refractivity contribution in [1.29, 1.82) is 0 Å². The van der Waals surface area contributed by atoms with Gasteiger partial charge in [0.05, 0.1) is 0 Å². The molecule has 0 aromatic heterocycles. The number of hydrogen-bond acceptors (Lipinski definition) is 4. The highest BCUT2D eigenvalue weighted by Crippen LogP contribution is 2.00. The summed E-state index contributed by atoms with van der Waals surface area (Å²) in [6, 6.07) is 0. The maximum atomic E-state index is 11.4. The number of carbonyl (C=O) groups excluding carboxylic acids is 2. The summed E-state index contributed by atoms with van der Waals surface area (Å²) < 4.78 is 9.89. The molecule has 0 amide bonds. The van der Waals surface area contributed by atoms with Gasteiger partial charge in [0.1, 0.15) is 13.2 Å². The van der Waals surface area contributed by atoms with Gasteiger partial charge in [-0.2, -0.15) is 0 Å². The van der Waals surface area contributed by atoms with Crippen LogP contribution in [0, 0.1) is 0 Å². The number of esters is 2. The summed E-state index contributed by atoms with van der Waals surface area (Å²) in [7, 11) is 0. The van der Waals surface area contributed by atoms with Crippen molar-refractivity contribution < 1.29 is 19.1 Å². The molecular formula is C20H32O4. The fraction of sp³-hybridized carbons (Fsp3) is 0.600. The van der Waals surface area contributed by atoms with Crippen LogP contribution in [0.5, 0.6) is 0 Å². The Morgan fingerprint density at radius 3 is 1.46 bits per heavy atom. The Morgan fingerprint density at radius 1 is 0.667 bits per heavy atom. The van der Waals surface area contributed by atoms with Gasteiger partial charge in [0.15, 0.2) is 0 Å². The van der Waals surface area contributed by atoms with Gasteiger partial charge >= 0.3 is 11.9 Å². The molecule has 0 spiro atoms. The fourth-order valence-electron chi connectivity index (χ4n) is 1.89. The lowest BCUT2D eigenvalue weighted by Gasteiger charge is -1.98. The van der Waals surface area contributed by atoms with E-state index in [1.807, 2.05) is 24.3 Å². The van der Waals surface area contributed by atoms with Crippen LogP contribution in [0.4, 0.5) is 0 Å². The minimum atomic E-state index is -0.541. The smallest absolute Gasteiger partial charge is 0.331 e. The van der Waals surface area contributed by atoms with Gasteiger partial charge in [0.25, 0.3) is 0 Å². The summed E-state index contributed by atoms with van der Waals surface area (Å²) in [4.78, 5) is 22.8. The normalized spacial score (nSPS) is 11.6. The molecule has 0 N–H and O–H groups in total. The third kappa shape index (κ3) is 16.5.